The molecule has 1 aromatic carbocycles. The predicted molar refractivity (Wildman–Crippen MR) is 113 cm³/mol. The molecule has 0 saturated heterocycles. The number of rotatable bonds is 9. The van der Waals surface area contributed by atoms with Crippen molar-refractivity contribution in [3.63, 3.8) is 0 Å². The smallest absolute Gasteiger partial charge is 0.223 e. The summed E-state index contributed by atoms with van der Waals surface area (Å²) >= 11 is 1.62. The Morgan fingerprint density at radius 2 is 2.14 bits per heavy atom. The number of nitrogens with one attached hydrogen (secondary N) is 1. The second-order valence-corrected chi connectivity index (χ2v) is 8.53. The molecule has 6 heteroatoms. The molecule has 3 rings (SSSR count). The van der Waals surface area contributed by atoms with E-state index in [2.05, 4.69) is 39.8 Å². The highest BCUT2D eigenvalue weighted by molar-refractivity contribution is 7.07. The Hall–Kier alpha value is -1.92. The summed E-state index contributed by atoms with van der Waals surface area (Å²) in [5, 5.41) is 5.15. The van der Waals surface area contributed by atoms with Gasteiger partial charge in [0.05, 0.1) is 17.7 Å². The van der Waals surface area contributed by atoms with Crippen LogP contribution >= 0.6 is 11.3 Å². The van der Waals surface area contributed by atoms with Gasteiger partial charge in [-0.25, -0.2) is 4.98 Å². The van der Waals surface area contributed by atoms with Crippen molar-refractivity contribution >= 4 is 17.2 Å². The minimum absolute atomic E-state index is 0.0597. The molecule has 1 aromatic heterocycles. The number of hydrogen-bond acceptors (Lipinski definition) is 5. The van der Waals surface area contributed by atoms with Crippen LogP contribution in [-0.4, -0.2) is 35.5 Å². The summed E-state index contributed by atoms with van der Waals surface area (Å²) in [6, 6.07) is 8.19. The van der Waals surface area contributed by atoms with Gasteiger partial charge < -0.3 is 10.1 Å². The maximum atomic E-state index is 12.3. The molecule has 0 unspecified atom stereocenters. The van der Waals surface area contributed by atoms with Crippen molar-refractivity contribution in [2.75, 3.05) is 13.6 Å². The third-order valence-electron chi connectivity index (χ3n) is 5.14. The van der Waals surface area contributed by atoms with Gasteiger partial charge in [0.1, 0.15) is 11.9 Å². The summed E-state index contributed by atoms with van der Waals surface area (Å²) in [7, 11) is 2.09. The molecule has 1 amide bonds. The van der Waals surface area contributed by atoms with Crippen LogP contribution in [0.3, 0.4) is 0 Å². The van der Waals surface area contributed by atoms with Crippen molar-refractivity contribution in [2.24, 2.45) is 5.92 Å². The van der Waals surface area contributed by atoms with Gasteiger partial charge >= 0.3 is 0 Å². The van der Waals surface area contributed by atoms with Gasteiger partial charge in [0.2, 0.25) is 5.91 Å². The number of carbonyl (C=O) groups excluding carboxylic acids is 1. The Balaban J connectivity index is 1.44. The quantitative estimate of drug-likeness (QED) is 0.683. The number of nitrogens with zero attached hydrogens (tertiary/aromatic N) is 2. The number of ether oxygens (including phenoxy) is 1. The van der Waals surface area contributed by atoms with E-state index in [-0.39, 0.29) is 17.9 Å². The molecule has 1 aliphatic rings. The first-order chi connectivity index (χ1) is 13.6. The molecule has 1 heterocycles. The molecule has 0 radical (unpaired) electrons. The van der Waals surface area contributed by atoms with Crippen molar-refractivity contribution in [3.8, 4) is 5.75 Å². The molecule has 1 atom stereocenters. The Bertz CT molecular complexity index is 729. The maximum absolute atomic E-state index is 12.3. The Morgan fingerprint density at radius 1 is 1.32 bits per heavy atom. The summed E-state index contributed by atoms with van der Waals surface area (Å²) in [5.41, 5.74) is 4.17. The van der Waals surface area contributed by atoms with E-state index in [1.165, 1.54) is 24.8 Å². The fraction of sp³-hybridized carbons (Fsp3) is 0.545. The lowest BCUT2D eigenvalue weighted by atomic mass is 9.89. The monoisotopic (exact) mass is 401 g/mol. The molecule has 1 saturated carbocycles. The van der Waals surface area contributed by atoms with Crippen LogP contribution in [-0.2, 0) is 17.9 Å². The molecular formula is C22H31N3O2S. The fourth-order valence-electron chi connectivity index (χ4n) is 3.70. The zero-order valence-electron chi connectivity index (χ0n) is 16.9. The van der Waals surface area contributed by atoms with Crippen LogP contribution in [0.25, 0.3) is 0 Å². The molecule has 1 N–H and O–H groups in total. The normalized spacial score (nSPS) is 16.1. The lowest BCUT2D eigenvalue weighted by molar-refractivity contribution is -0.126. The minimum atomic E-state index is -0.0597. The molecule has 0 spiro atoms. The average Bonchev–Trinajstić information content (AvgIpc) is 3.20. The molecule has 0 bridgehead atoms. The van der Waals surface area contributed by atoms with Gasteiger partial charge in [0.25, 0.3) is 0 Å². The van der Waals surface area contributed by atoms with Crippen LogP contribution in [0.15, 0.2) is 35.2 Å². The Morgan fingerprint density at radius 3 is 2.89 bits per heavy atom. The number of thiazole rings is 1. The zero-order chi connectivity index (χ0) is 19.8. The lowest BCUT2D eigenvalue weighted by Gasteiger charge is -2.22. The maximum Gasteiger partial charge on any atom is 0.223 e. The van der Waals surface area contributed by atoms with Gasteiger partial charge in [-0.1, -0.05) is 31.4 Å². The highest BCUT2D eigenvalue weighted by atomic mass is 32.1. The first-order valence-corrected chi connectivity index (χ1v) is 11.1. The van der Waals surface area contributed by atoms with E-state index in [0.717, 1.165) is 37.4 Å². The molecule has 0 aliphatic heterocycles. The highest BCUT2D eigenvalue weighted by Gasteiger charge is 2.21. The van der Waals surface area contributed by atoms with E-state index < -0.39 is 0 Å². The summed E-state index contributed by atoms with van der Waals surface area (Å²) in [6.45, 7) is 4.21. The number of hydrogen-bond donors (Lipinski definition) is 1. The van der Waals surface area contributed by atoms with E-state index in [1.807, 2.05) is 24.6 Å². The van der Waals surface area contributed by atoms with Crippen molar-refractivity contribution < 1.29 is 9.53 Å². The zero-order valence-corrected chi connectivity index (χ0v) is 17.7. The Labute approximate surface area is 172 Å². The van der Waals surface area contributed by atoms with Crippen LogP contribution < -0.4 is 10.1 Å². The van der Waals surface area contributed by atoms with Crippen LogP contribution in [0.5, 0.6) is 5.75 Å². The lowest BCUT2D eigenvalue weighted by Crippen LogP contribution is -2.38. The van der Waals surface area contributed by atoms with E-state index in [1.54, 1.807) is 11.3 Å². The molecular weight excluding hydrogens is 370 g/mol. The van der Waals surface area contributed by atoms with E-state index in [0.29, 0.717) is 6.54 Å². The highest BCUT2D eigenvalue weighted by Crippen LogP contribution is 2.23. The number of benzene rings is 1. The van der Waals surface area contributed by atoms with Crippen LogP contribution in [0.1, 0.15) is 50.3 Å². The van der Waals surface area contributed by atoms with E-state index in [9.17, 15) is 4.79 Å². The molecule has 2 aromatic rings. The Kier molecular flexibility index (Phi) is 7.86. The van der Waals surface area contributed by atoms with Crippen LogP contribution in [0.4, 0.5) is 0 Å². The SMILES string of the molecule is C[C@H](CNC(=O)C1CCCCC1)Oc1cccc(CN(C)Cc2cscn2)c1. The molecule has 1 aliphatic carbocycles. The number of aromatic nitrogens is 1. The molecule has 28 heavy (non-hydrogen) atoms. The third kappa shape index (κ3) is 6.60. The van der Waals surface area contributed by atoms with Gasteiger partial charge in [-0.05, 0) is 44.5 Å². The number of amides is 1. The van der Waals surface area contributed by atoms with Crippen molar-refractivity contribution in [2.45, 2.75) is 58.2 Å². The average molecular weight is 402 g/mol. The predicted octanol–water partition coefficient (Wildman–Crippen LogP) is 4.24. The van der Waals surface area contributed by atoms with Crippen LogP contribution in [0, 0.1) is 5.92 Å². The van der Waals surface area contributed by atoms with E-state index >= 15 is 0 Å². The van der Waals surface area contributed by atoms with Crippen molar-refractivity contribution in [1.82, 2.24) is 15.2 Å². The summed E-state index contributed by atoms with van der Waals surface area (Å²) < 4.78 is 6.04. The van der Waals surface area contributed by atoms with Gasteiger partial charge in [-0.3, -0.25) is 9.69 Å². The first-order valence-electron chi connectivity index (χ1n) is 10.2. The van der Waals surface area contributed by atoms with E-state index in [4.69, 9.17) is 4.74 Å². The summed E-state index contributed by atoms with van der Waals surface area (Å²) in [4.78, 5) is 18.9. The fourth-order valence-corrected chi connectivity index (χ4v) is 4.25. The largest absolute Gasteiger partial charge is 0.489 e. The van der Waals surface area contributed by atoms with Crippen molar-refractivity contribution in [1.29, 1.82) is 0 Å². The molecule has 1 fully saturated rings. The summed E-state index contributed by atoms with van der Waals surface area (Å²) in [6.07, 6.45) is 5.60. The van der Waals surface area contributed by atoms with Gasteiger partial charge in [0.15, 0.2) is 0 Å². The van der Waals surface area contributed by atoms with Crippen molar-refractivity contribution in [3.05, 3.63) is 46.4 Å². The number of carbonyl (C=O) groups is 1. The van der Waals surface area contributed by atoms with Gasteiger partial charge in [-0.15, -0.1) is 11.3 Å². The van der Waals surface area contributed by atoms with Crippen LogP contribution in [0.2, 0.25) is 0 Å². The molecule has 5 nitrogen and oxygen atoms in total. The first kappa shape index (κ1) is 20.8. The topological polar surface area (TPSA) is 54.5 Å². The second-order valence-electron chi connectivity index (χ2n) is 7.81. The van der Waals surface area contributed by atoms with Gasteiger partial charge in [0, 0.05) is 24.4 Å². The molecule has 152 valence electrons. The third-order valence-corrected chi connectivity index (χ3v) is 5.78. The summed E-state index contributed by atoms with van der Waals surface area (Å²) in [5.74, 6) is 1.23. The standard InChI is InChI=1S/C22H31N3O2S/c1-17(12-23-22(26)19-8-4-3-5-9-19)27-21-10-6-7-18(11-21)13-25(2)14-20-15-28-16-24-20/h6-7,10-11,15-17,19H,3-5,8-9,12-14H2,1-2H3,(H,23,26)/t17-/m1/s1. The second kappa shape index (κ2) is 10.6. The minimum Gasteiger partial charge on any atom is -0.489 e. The van der Waals surface area contributed by atoms with Gasteiger partial charge in [-0.2, -0.15) is 0 Å².